The molecular weight excluding hydrogens is 254 g/mol. The predicted octanol–water partition coefficient (Wildman–Crippen LogP) is 4.06. The smallest absolute Gasteiger partial charge is 0.0721 e. The largest absolute Gasteiger partial charge is 0.375 e. The minimum Gasteiger partial charge on any atom is -0.375 e. The van der Waals surface area contributed by atoms with Crippen molar-refractivity contribution in [2.24, 2.45) is 0 Å². The van der Waals surface area contributed by atoms with Crippen molar-refractivity contribution < 1.29 is 4.74 Å². The number of fused-ring (bicyclic) bond motifs is 1. The molecule has 0 fully saturated rings. The highest BCUT2D eigenvalue weighted by atomic mass is 32.1. The first kappa shape index (κ1) is 12.9. The van der Waals surface area contributed by atoms with Crippen LogP contribution >= 0.6 is 11.3 Å². The molecule has 1 aromatic heterocycles. The highest BCUT2D eigenvalue weighted by Gasteiger charge is 2.23. The van der Waals surface area contributed by atoms with Crippen molar-refractivity contribution in [2.45, 2.75) is 32.0 Å². The topological polar surface area (TPSA) is 21.3 Å². The molecule has 19 heavy (non-hydrogen) atoms. The molecule has 0 radical (unpaired) electrons. The van der Waals surface area contributed by atoms with E-state index >= 15 is 0 Å². The van der Waals surface area contributed by atoms with Gasteiger partial charge in [0.15, 0.2) is 0 Å². The molecule has 0 saturated heterocycles. The second kappa shape index (κ2) is 5.87. The first-order chi connectivity index (χ1) is 9.38. The van der Waals surface area contributed by atoms with Gasteiger partial charge in [0.1, 0.15) is 0 Å². The normalized spacial score (nSPS) is 19.9. The number of hydrogen-bond donors (Lipinski definition) is 1. The summed E-state index contributed by atoms with van der Waals surface area (Å²) in [5, 5.41) is 5.89. The van der Waals surface area contributed by atoms with Gasteiger partial charge in [-0.15, -0.1) is 11.3 Å². The minimum atomic E-state index is 0.303. The van der Waals surface area contributed by atoms with Gasteiger partial charge in [-0.25, -0.2) is 0 Å². The molecule has 1 aliphatic rings. The third-order valence-electron chi connectivity index (χ3n) is 3.67. The van der Waals surface area contributed by atoms with E-state index in [0.717, 1.165) is 19.6 Å². The minimum absolute atomic E-state index is 0.303. The Morgan fingerprint density at radius 2 is 2.21 bits per heavy atom. The van der Waals surface area contributed by atoms with Crippen LogP contribution in [0.15, 0.2) is 41.8 Å². The molecule has 2 unspecified atom stereocenters. The number of hydrogen-bond acceptors (Lipinski definition) is 3. The number of nitrogens with one attached hydrogen (secondary N) is 1. The van der Waals surface area contributed by atoms with Gasteiger partial charge in [0.05, 0.1) is 19.3 Å². The highest BCUT2D eigenvalue weighted by molar-refractivity contribution is 7.10. The van der Waals surface area contributed by atoms with Crippen molar-refractivity contribution in [3.8, 4) is 0 Å². The molecule has 0 aliphatic carbocycles. The van der Waals surface area contributed by atoms with E-state index in [-0.39, 0.29) is 0 Å². The van der Waals surface area contributed by atoms with Crippen molar-refractivity contribution in [1.29, 1.82) is 0 Å². The fourth-order valence-corrected chi connectivity index (χ4v) is 3.52. The van der Waals surface area contributed by atoms with Crippen molar-refractivity contribution >= 4 is 11.3 Å². The van der Waals surface area contributed by atoms with Crippen molar-refractivity contribution in [3.63, 3.8) is 0 Å². The van der Waals surface area contributed by atoms with Crippen LogP contribution < -0.4 is 5.32 Å². The van der Waals surface area contributed by atoms with E-state index in [2.05, 4.69) is 54.0 Å². The SMILES string of the molecule is CCC(NC1COCc2ccccc21)c1cccs1. The van der Waals surface area contributed by atoms with Gasteiger partial charge in [-0.3, -0.25) is 0 Å². The Kier molecular flexibility index (Phi) is 3.97. The summed E-state index contributed by atoms with van der Waals surface area (Å²) in [7, 11) is 0. The summed E-state index contributed by atoms with van der Waals surface area (Å²) < 4.78 is 5.71. The number of ether oxygens (including phenoxy) is 1. The van der Waals surface area contributed by atoms with Crippen LogP contribution in [0, 0.1) is 0 Å². The first-order valence-corrected chi connectivity index (χ1v) is 7.71. The number of rotatable bonds is 4. The van der Waals surface area contributed by atoms with E-state index in [0.29, 0.717) is 12.1 Å². The Bertz CT molecular complexity index is 523. The molecule has 0 spiro atoms. The molecule has 2 aromatic rings. The van der Waals surface area contributed by atoms with Crippen LogP contribution in [-0.2, 0) is 11.3 Å². The molecular formula is C16H19NOS. The average molecular weight is 273 g/mol. The monoisotopic (exact) mass is 273 g/mol. The quantitative estimate of drug-likeness (QED) is 0.907. The van der Waals surface area contributed by atoms with E-state index in [1.807, 2.05) is 11.3 Å². The van der Waals surface area contributed by atoms with Gasteiger partial charge in [0, 0.05) is 10.9 Å². The summed E-state index contributed by atoms with van der Waals surface area (Å²) in [6.45, 7) is 3.73. The Balaban J connectivity index is 1.80. The van der Waals surface area contributed by atoms with Crippen LogP contribution in [0.2, 0.25) is 0 Å². The van der Waals surface area contributed by atoms with E-state index in [1.54, 1.807) is 0 Å². The van der Waals surface area contributed by atoms with Crippen molar-refractivity contribution in [1.82, 2.24) is 5.32 Å². The Morgan fingerprint density at radius 1 is 1.32 bits per heavy atom. The average Bonchev–Trinajstić information content (AvgIpc) is 2.99. The summed E-state index contributed by atoms with van der Waals surface area (Å²) in [5.74, 6) is 0. The highest BCUT2D eigenvalue weighted by Crippen LogP contribution is 2.29. The standard InChI is InChI=1S/C16H19NOS/c1-2-14(16-8-5-9-19-16)17-15-11-18-10-12-6-3-4-7-13(12)15/h3-9,14-15,17H,2,10-11H2,1H3. The molecule has 0 bridgehead atoms. The Morgan fingerprint density at radius 3 is 3.00 bits per heavy atom. The molecule has 0 amide bonds. The van der Waals surface area contributed by atoms with Gasteiger partial charge in [-0.1, -0.05) is 37.3 Å². The summed E-state index contributed by atoms with van der Waals surface area (Å²) in [6.07, 6.45) is 1.10. The van der Waals surface area contributed by atoms with Crippen LogP contribution in [0.1, 0.15) is 41.4 Å². The predicted molar refractivity (Wildman–Crippen MR) is 79.3 cm³/mol. The van der Waals surface area contributed by atoms with Crippen molar-refractivity contribution in [2.75, 3.05) is 6.61 Å². The zero-order valence-corrected chi connectivity index (χ0v) is 12.0. The molecule has 2 nitrogen and oxygen atoms in total. The molecule has 2 heterocycles. The molecule has 2 atom stereocenters. The third kappa shape index (κ3) is 2.73. The van der Waals surface area contributed by atoms with Gasteiger partial charge in [0.25, 0.3) is 0 Å². The lowest BCUT2D eigenvalue weighted by Crippen LogP contribution is -2.32. The van der Waals surface area contributed by atoms with E-state index < -0.39 is 0 Å². The lowest BCUT2D eigenvalue weighted by Gasteiger charge is -2.30. The zero-order chi connectivity index (χ0) is 13.1. The second-order valence-electron chi connectivity index (χ2n) is 4.91. The molecule has 3 rings (SSSR count). The lowest BCUT2D eigenvalue weighted by atomic mass is 9.98. The Labute approximate surface area is 118 Å². The van der Waals surface area contributed by atoms with Crippen LogP contribution in [0.4, 0.5) is 0 Å². The molecule has 0 saturated carbocycles. The summed E-state index contributed by atoms with van der Waals surface area (Å²) in [4.78, 5) is 1.41. The number of thiophene rings is 1. The maximum atomic E-state index is 5.71. The van der Waals surface area contributed by atoms with Gasteiger partial charge in [-0.2, -0.15) is 0 Å². The number of benzene rings is 1. The van der Waals surface area contributed by atoms with Crippen LogP contribution in [0.3, 0.4) is 0 Å². The zero-order valence-electron chi connectivity index (χ0n) is 11.1. The van der Waals surface area contributed by atoms with E-state index in [9.17, 15) is 0 Å². The lowest BCUT2D eigenvalue weighted by molar-refractivity contribution is 0.0783. The maximum absolute atomic E-state index is 5.71. The van der Waals surface area contributed by atoms with Gasteiger partial charge in [0.2, 0.25) is 0 Å². The first-order valence-electron chi connectivity index (χ1n) is 6.83. The molecule has 1 N–H and O–H groups in total. The summed E-state index contributed by atoms with van der Waals surface area (Å²) in [6, 6.07) is 13.6. The molecule has 3 heteroatoms. The second-order valence-corrected chi connectivity index (χ2v) is 5.89. The molecule has 1 aliphatic heterocycles. The van der Waals surface area contributed by atoms with Crippen LogP contribution in [0.25, 0.3) is 0 Å². The molecule has 1 aromatic carbocycles. The van der Waals surface area contributed by atoms with Gasteiger partial charge < -0.3 is 10.1 Å². The summed E-state index contributed by atoms with van der Waals surface area (Å²) in [5.41, 5.74) is 2.70. The van der Waals surface area contributed by atoms with Gasteiger partial charge >= 0.3 is 0 Å². The fourth-order valence-electron chi connectivity index (χ4n) is 2.65. The van der Waals surface area contributed by atoms with Crippen molar-refractivity contribution in [3.05, 3.63) is 57.8 Å². The van der Waals surface area contributed by atoms with Crippen LogP contribution in [-0.4, -0.2) is 6.61 Å². The molecule has 100 valence electrons. The maximum Gasteiger partial charge on any atom is 0.0721 e. The van der Waals surface area contributed by atoms with E-state index in [1.165, 1.54) is 16.0 Å². The van der Waals surface area contributed by atoms with E-state index in [4.69, 9.17) is 4.74 Å². The summed E-state index contributed by atoms with van der Waals surface area (Å²) >= 11 is 1.82. The third-order valence-corrected chi connectivity index (χ3v) is 4.66. The van der Waals surface area contributed by atoms with Crippen LogP contribution in [0.5, 0.6) is 0 Å². The van der Waals surface area contributed by atoms with Gasteiger partial charge in [-0.05, 0) is 29.0 Å². The Hall–Kier alpha value is -1.16. The fraction of sp³-hybridized carbons (Fsp3) is 0.375.